The monoisotopic (exact) mass is 228 g/mol. The molecule has 86 valence electrons. The molecule has 0 radical (unpaired) electrons. The number of hydrogen-bond acceptors (Lipinski definition) is 3. The molecule has 0 unspecified atom stereocenters. The summed E-state index contributed by atoms with van der Waals surface area (Å²) < 4.78 is 3.76. The van der Waals surface area contributed by atoms with Crippen LogP contribution in [0, 0.1) is 0 Å². The predicted molar refractivity (Wildman–Crippen MR) is 63.5 cm³/mol. The van der Waals surface area contributed by atoms with Crippen molar-refractivity contribution in [3.63, 3.8) is 0 Å². The predicted octanol–water partition coefficient (Wildman–Crippen LogP) is 1.19. The molecule has 0 saturated carbocycles. The van der Waals surface area contributed by atoms with Gasteiger partial charge in [0.2, 0.25) is 0 Å². The van der Waals surface area contributed by atoms with Gasteiger partial charge in [-0.3, -0.25) is 0 Å². The van der Waals surface area contributed by atoms with Crippen molar-refractivity contribution in [2.75, 3.05) is 6.61 Å². The van der Waals surface area contributed by atoms with E-state index in [1.165, 1.54) is 0 Å². The summed E-state index contributed by atoms with van der Waals surface area (Å²) >= 11 is 0. The molecular weight excluding hydrogens is 216 g/mol. The minimum atomic E-state index is 0.0957. The van der Waals surface area contributed by atoms with Crippen LogP contribution in [0.1, 0.15) is 0 Å². The van der Waals surface area contributed by atoms with E-state index in [1.807, 2.05) is 39.5 Å². The standard InChI is InChI=1S/C12H12N4O/c17-9-8-15-7-6-13-12(15)11-3-1-2-10-4-5-14-16(10)11/h1-7,17H,8-9H2. The molecule has 0 aliphatic heterocycles. The smallest absolute Gasteiger partial charge is 0.158 e. The van der Waals surface area contributed by atoms with E-state index in [0.717, 1.165) is 17.0 Å². The Bertz CT molecular complexity index is 641. The first kappa shape index (κ1) is 10.0. The van der Waals surface area contributed by atoms with Crippen LogP contribution in [0.2, 0.25) is 0 Å². The van der Waals surface area contributed by atoms with Gasteiger partial charge in [0.25, 0.3) is 0 Å². The van der Waals surface area contributed by atoms with Crippen LogP contribution in [-0.4, -0.2) is 30.9 Å². The van der Waals surface area contributed by atoms with E-state index >= 15 is 0 Å². The Kier molecular flexibility index (Phi) is 2.38. The van der Waals surface area contributed by atoms with Crippen LogP contribution in [-0.2, 0) is 6.54 Å². The first-order chi connectivity index (χ1) is 8.40. The van der Waals surface area contributed by atoms with E-state index in [9.17, 15) is 0 Å². The van der Waals surface area contributed by atoms with Crippen LogP contribution in [0.15, 0.2) is 42.9 Å². The number of hydrogen-bond donors (Lipinski definition) is 1. The third-order valence-electron chi connectivity index (χ3n) is 2.71. The zero-order valence-corrected chi connectivity index (χ0v) is 9.19. The highest BCUT2D eigenvalue weighted by atomic mass is 16.3. The molecule has 3 heterocycles. The fourth-order valence-electron chi connectivity index (χ4n) is 1.95. The molecule has 0 aliphatic carbocycles. The highest BCUT2D eigenvalue weighted by molar-refractivity contribution is 5.58. The zero-order chi connectivity index (χ0) is 11.7. The molecule has 0 atom stereocenters. The van der Waals surface area contributed by atoms with Crippen molar-refractivity contribution in [3.05, 3.63) is 42.9 Å². The fourth-order valence-corrected chi connectivity index (χ4v) is 1.95. The molecule has 0 amide bonds. The van der Waals surface area contributed by atoms with Crippen molar-refractivity contribution >= 4 is 5.52 Å². The second-order valence-corrected chi connectivity index (χ2v) is 3.75. The Balaban J connectivity index is 2.20. The summed E-state index contributed by atoms with van der Waals surface area (Å²) in [5.41, 5.74) is 1.95. The molecule has 5 nitrogen and oxygen atoms in total. The lowest BCUT2D eigenvalue weighted by molar-refractivity contribution is 0.276. The average molecular weight is 228 g/mol. The third kappa shape index (κ3) is 1.60. The average Bonchev–Trinajstić information content (AvgIpc) is 2.96. The molecule has 5 heteroatoms. The van der Waals surface area contributed by atoms with Crippen LogP contribution < -0.4 is 0 Å². The maximum atomic E-state index is 9.01. The summed E-state index contributed by atoms with van der Waals surface area (Å²) in [6, 6.07) is 7.89. The topological polar surface area (TPSA) is 55.3 Å². The van der Waals surface area contributed by atoms with Gasteiger partial charge in [-0.05, 0) is 18.2 Å². The maximum Gasteiger partial charge on any atom is 0.158 e. The van der Waals surface area contributed by atoms with Gasteiger partial charge in [0, 0.05) is 18.9 Å². The fraction of sp³-hybridized carbons (Fsp3) is 0.167. The highest BCUT2D eigenvalue weighted by Crippen LogP contribution is 2.18. The molecule has 0 fully saturated rings. The first-order valence-corrected chi connectivity index (χ1v) is 5.45. The van der Waals surface area contributed by atoms with Crippen LogP contribution in [0.3, 0.4) is 0 Å². The van der Waals surface area contributed by atoms with Gasteiger partial charge in [-0.1, -0.05) is 6.07 Å². The summed E-state index contributed by atoms with van der Waals surface area (Å²) in [4.78, 5) is 4.33. The SMILES string of the molecule is OCCn1ccnc1-c1cccc2ccnn12. The summed E-state index contributed by atoms with van der Waals surface area (Å²) in [5.74, 6) is 0.813. The lowest BCUT2D eigenvalue weighted by Gasteiger charge is -2.07. The Hall–Kier alpha value is -2.14. The van der Waals surface area contributed by atoms with E-state index in [4.69, 9.17) is 5.11 Å². The Morgan fingerprint density at radius 1 is 1.18 bits per heavy atom. The van der Waals surface area contributed by atoms with Gasteiger partial charge in [0.1, 0.15) is 5.69 Å². The summed E-state index contributed by atoms with van der Waals surface area (Å²) in [5, 5.41) is 13.3. The molecule has 3 aromatic rings. The number of aliphatic hydroxyl groups is 1. The van der Waals surface area contributed by atoms with E-state index < -0.39 is 0 Å². The molecule has 1 N–H and O–H groups in total. The molecule has 3 aromatic heterocycles. The highest BCUT2D eigenvalue weighted by Gasteiger charge is 2.09. The number of pyridine rings is 1. The number of rotatable bonds is 3. The van der Waals surface area contributed by atoms with Crippen molar-refractivity contribution in [2.24, 2.45) is 0 Å². The molecule has 0 aromatic carbocycles. The number of aliphatic hydroxyl groups excluding tert-OH is 1. The van der Waals surface area contributed by atoms with Crippen LogP contribution in [0.25, 0.3) is 17.0 Å². The first-order valence-electron chi connectivity index (χ1n) is 5.45. The molecule has 0 spiro atoms. The molecular formula is C12H12N4O. The minimum Gasteiger partial charge on any atom is -0.395 e. The Labute approximate surface area is 98.0 Å². The van der Waals surface area contributed by atoms with Gasteiger partial charge in [-0.25, -0.2) is 9.50 Å². The van der Waals surface area contributed by atoms with Gasteiger partial charge in [0.15, 0.2) is 5.82 Å². The second-order valence-electron chi connectivity index (χ2n) is 3.75. The van der Waals surface area contributed by atoms with E-state index in [1.54, 1.807) is 12.4 Å². The van der Waals surface area contributed by atoms with Crippen molar-refractivity contribution in [3.8, 4) is 11.5 Å². The lowest BCUT2D eigenvalue weighted by Crippen LogP contribution is -2.05. The van der Waals surface area contributed by atoms with Crippen molar-refractivity contribution in [1.82, 2.24) is 19.2 Å². The van der Waals surface area contributed by atoms with Gasteiger partial charge >= 0.3 is 0 Å². The van der Waals surface area contributed by atoms with Crippen LogP contribution in [0.5, 0.6) is 0 Å². The second kappa shape index (κ2) is 4.03. The van der Waals surface area contributed by atoms with Crippen molar-refractivity contribution in [2.45, 2.75) is 6.54 Å². The lowest BCUT2D eigenvalue weighted by atomic mass is 10.3. The Morgan fingerprint density at radius 3 is 3.00 bits per heavy atom. The molecule has 0 aliphatic rings. The van der Waals surface area contributed by atoms with Gasteiger partial charge in [0.05, 0.1) is 18.3 Å². The van der Waals surface area contributed by atoms with Crippen LogP contribution in [0.4, 0.5) is 0 Å². The van der Waals surface area contributed by atoms with Gasteiger partial charge in [-0.15, -0.1) is 0 Å². The van der Waals surface area contributed by atoms with Gasteiger partial charge in [-0.2, -0.15) is 5.10 Å². The molecule has 17 heavy (non-hydrogen) atoms. The largest absolute Gasteiger partial charge is 0.395 e. The number of aromatic nitrogens is 4. The normalized spacial score (nSPS) is 11.1. The van der Waals surface area contributed by atoms with Crippen LogP contribution >= 0.6 is 0 Å². The zero-order valence-electron chi connectivity index (χ0n) is 9.19. The van der Waals surface area contributed by atoms with Crippen molar-refractivity contribution in [1.29, 1.82) is 0 Å². The van der Waals surface area contributed by atoms with Gasteiger partial charge < -0.3 is 9.67 Å². The number of nitrogens with zero attached hydrogens (tertiary/aromatic N) is 4. The summed E-state index contributed by atoms with van der Waals surface area (Å²) in [7, 11) is 0. The number of fused-ring (bicyclic) bond motifs is 1. The number of imidazole rings is 1. The molecule has 0 saturated heterocycles. The van der Waals surface area contributed by atoms with E-state index in [0.29, 0.717) is 6.54 Å². The summed E-state index contributed by atoms with van der Waals surface area (Å²) in [6.07, 6.45) is 5.35. The molecule has 3 rings (SSSR count). The minimum absolute atomic E-state index is 0.0957. The summed E-state index contributed by atoms with van der Waals surface area (Å²) in [6.45, 7) is 0.630. The third-order valence-corrected chi connectivity index (χ3v) is 2.71. The Morgan fingerprint density at radius 2 is 2.12 bits per heavy atom. The molecule has 0 bridgehead atoms. The van der Waals surface area contributed by atoms with Crippen molar-refractivity contribution < 1.29 is 5.11 Å². The quantitative estimate of drug-likeness (QED) is 0.732. The maximum absolute atomic E-state index is 9.01. The van der Waals surface area contributed by atoms with E-state index in [-0.39, 0.29) is 6.61 Å². The van der Waals surface area contributed by atoms with E-state index in [2.05, 4.69) is 10.1 Å².